The summed E-state index contributed by atoms with van der Waals surface area (Å²) < 4.78 is 0. The van der Waals surface area contributed by atoms with Gasteiger partial charge in [-0.25, -0.2) is 4.98 Å². The molecular weight excluding hydrogens is 236 g/mol. The maximum absolute atomic E-state index is 4.56. The third kappa shape index (κ3) is 3.66. The minimum atomic E-state index is 0.614. The molecule has 1 saturated carbocycles. The van der Waals surface area contributed by atoms with Crippen molar-refractivity contribution in [1.82, 2.24) is 15.3 Å². The maximum Gasteiger partial charge on any atom is 0.147 e. The minimum Gasteiger partial charge on any atom is -0.355 e. The second-order valence-corrected chi connectivity index (χ2v) is 5.59. The molecule has 19 heavy (non-hydrogen) atoms. The van der Waals surface area contributed by atoms with Gasteiger partial charge in [-0.15, -0.1) is 0 Å². The van der Waals surface area contributed by atoms with Gasteiger partial charge in [-0.1, -0.05) is 26.7 Å². The van der Waals surface area contributed by atoms with Crippen LogP contribution in [0.3, 0.4) is 0 Å². The average Bonchev–Trinajstić information content (AvgIpc) is 2.45. The first-order valence-electron chi connectivity index (χ1n) is 7.46. The predicted octanol–water partition coefficient (Wildman–Crippen LogP) is 2.60. The molecule has 0 radical (unpaired) electrons. The number of rotatable bonds is 5. The first kappa shape index (κ1) is 14.3. The van der Waals surface area contributed by atoms with Crippen LogP contribution < -0.4 is 10.2 Å². The Labute approximate surface area is 116 Å². The topological polar surface area (TPSA) is 41.1 Å². The molecule has 1 aromatic rings. The van der Waals surface area contributed by atoms with Crippen LogP contribution in [0.1, 0.15) is 45.2 Å². The van der Waals surface area contributed by atoms with Crippen molar-refractivity contribution in [1.29, 1.82) is 0 Å². The molecule has 1 heterocycles. The van der Waals surface area contributed by atoms with Crippen LogP contribution in [0.4, 0.5) is 5.82 Å². The molecule has 106 valence electrons. The quantitative estimate of drug-likeness (QED) is 0.885. The second kappa shape index (κ2) is 6.85. The van der Waals surface area contributed by atoms with Gasteiger partial charge >= 0.3 is 0 Å². The molecule has 2 unspecified atom stereocenters. The number of nitrogens with one attached hydrogen (secondary N) is 1. The lowest BCUT2D eigenvalue weighted by Crippen LogP contribution is -2.39. The maximum atomic E-state index is 4.56. The van der Waals surface area contributed by atoms with E-state index in [1.807, 2.05) is 12.4 Å². The van der Waals surface area contributed by atoms with E-state index in [0.29, 0.717) is 6.04 Å². The minimum absolute atomic E-state index is 0.614. The number of nitrogens with zero attached hydrogens (tertiary/aromatic N) is 3. The van der Waals surface area contributed by atoms with E-state index in [4.69, 9.17) is 0 Å². The first-order chi connectivity index (χ1) is 9.22. The number of hydrogen-bond acceptors (Lipinski definition) is 4. The van der Waals surface area contributed by atoms with Gasteiger partial charge in [-0.3, -0.25) is 4.98 Å². The van der Waals surface area contributed by atoms with E-state index >= 15 is 0 Å². The highest BCUT2D eigenvalue weighted by Crippen LogP contribution is 2.29. The molecule has 1 N–H and O–H groups in total. The van der Waals surface area contributed by atoms with Gasteiger partial charge in [-0.05, 0) is 25.3 Å². The molecule has 0 aromatic carbocycles. The molecule has 2 atom stereocenters. The molecule has 0 bridgehead atoms. The fraction of sp³-hybridized carbons (Fsp3) is 0.733. The van der Waals surface area contributed by atoms with Gasteiger partial charge < -0.3 is 10.2 Å². The van der Waals surface area contributed by atoms with Crippen LogP contribution >= 0.6 is 0 Å². The molecule has 0 spiro atoms. The third-order valence-electron chi connectivity index (χ3n) is 4.17. The van der Waals surface area contributed by atoms with E-state index in [2.05, 4.69) is 41.1 Å². The zero-order chi connectivity index (χ0) is 13.7. The van der Waals surface area contributed by atoms with Crippen molar-refractivity contribution in [2.75, 3.05) is 18.5 Å². The van der Waals surface area contributed by atoms with Crippen molar-refractivity contribution in [3.05, 3.63) is 18.1 Å². The van der Waals surface area contributed by atoms with Crippen molar-refractivity contribution in [2.24, 2.45) is 5.92 Å². The van der Waals surface area contributed by atoms with Crippen LogP contribution in [0.2, 0.25) is 0 Å². The Kier molecular flexibility index (Phi) is 5.14. The summed E-state index contributed by atoms with van der Waals surface area (Å²) in [7, 11) is 2.15. The summed E-state index contributed by atoms with van der Waals surface area (Å²) >= 11 is 0. The van der Waals surface area contributed by atoms with Gasteiger partial charge in [0.2, 0.25) is 0 Å². The SMILES string of the molecule is CCNCc1cnc(N(C)C2CCCCC2C)cn1. The standard InChI is InChI=1S/C15H26N4/c1-4-16-9-13-10-18-15(11-17-13)19(3)14-8-6-5-7-12(14)2/h10-12,14,16H,4-9H2,1-3H3. The van der Waals surface area contributed by atoms with Crippen molar-refractivity contribution < 1.29 is 0 Å². The Hall–Kier alpha value is -1.16. The molecule has 1 aliphatic carbocycles. The van der Waals surface area contributed by atoms with E-state index in [-0.39, 0.29) is 0 Å². The van der Waals surface area contributed by atoms with Crippen molar-refractivity contribution in [3.8, 4) is 0 Å². The molecule has 0 aliphatic heterocycles. The number of anilines is 1. The Morgan fingerprint density at radius 1 is 1.26 bits per heavy atom. The van der Waals surface area contributed by atoms with Crippen molar-refractivity contribution >= 4 is 5.82 Å². The normalized spacial score (nSPS) is 23.3. The Morgan fingerprint density at radius 3 is 2.68 bits per heavy atom. The van der Waals surface area contributed by atoms with Crippen LogP contribution in [0.5, 0.6) is 0 Å². The summed E-state index contributed by atoms with van der Waals surface area (Å²) in [6.07, 6.45) is 9.12. The van der Waals surface area contributed by atoms with Gasteiger partial charge in [-0.2, -0.15) is 0 Å². The lowest BCUT2D eigenvalue weighted by atomic mass is 9.85. The Balaban J connectivity index is 2.00. The molecule has 1 fully saturated rings. The van der Waals surface area contributed by atoms with Crippen LogP contribution in [-0.4, -0.2) is 29.6 Å². The van der Waals surface area contributed by atoms with E-state index in [0.717, 1.165) is 30.5 Å². The van der Waals surface area contributed by atoms with Gasteiger partial charge in [0.25, 0.3) is 0 Å². The van der Waals surface area contributed by atoms with Gasteiger partial charge in [0.1, 0.15) is 5.82 Å². The summed E-state index contributed by atoms with van der Waals surface area (Å²) in [6.45, 7) is 6.21. The predicted molar refractivity (Wildman–Crippen MR) is 79.2 cm³/mol. The Bertz CT molecular complexity index is 376. The molecule has 4 heteroatoms. The van der Waals surface area contributed by atoms with E-state index in [1.165, 1.54) is 25.7 Å². The summed E-state index contributed by atoms with van der Waals surface area (Å²) in [5, 5.41) is 3.27. The summed E-state index contributed by atoms with van der Waals surface area (Å²) in [5.74, 6) is 1.75. The zero-order valence-electron chi connectivity index (χ0n) is 12.4. The van der Waals surface area contributed by atoms with Crippen LogP contribution in [0.25, 0.3) is 0 Å². The summed E-state index contributed by atoms with van der Waals surface area (Å²) in [5.41, 5.74) is 1.01. The van der Waals surface area contributed by atoms with Crippen molar-refractivity contribution in [3.63, 3.8) is 0 Å². The van der Waals surface area contributed by atoms with Gasteiger partial charge in [0.15, 0.2) is 0 Å². The summed E-state index contributed by atoms with van der Waals surface area (Å²) in [6, 6.07) is 0.614. The third-order valence-corrected chi connectivity index (χ3v) is 4.17. The van der Waals surface area contributed by atoms with E-state index < -0.39 is 0 Å². The van der Waals surface area contributed by atoms with Crippen molar-refractivity contribution in [2.45, 2.75) is 52.1 Å². The lowest BCUT2D eigenvalue weighted by molar-refractivity contribution is 0.320. The van der Waals surface area contributed by atoms with Crippen LogP contribution in [0.15, 0.2) is 12.4 Å². The number of hydrogen-bond donors (Lipinski definition) is 1. The smallest absolute Gasteiger partial charge is 0.147 e. The van der Waals surface area contributed by atoms with E-state index in [1.54, 1.807) is 0 Å². The Morgan fingerprint density at radius 2 is 2.05 bits per heavy atom. The monoisotopic (exact) mass is 262 g/mol. The second-order valence-electron chi connectivity index (χ2n) is 5.59. The van der Waals surface area contributed by atoms with Crippen LogP contribution in [0, 0.1) is 5.92 Å². The van der Waals surface area contributed by atoms with Gasteiger partial charge in [0.05, 0.1) is 18.1 Å². The molecule has 0 amide bonds. The zero-order valence-corrected chi connectivity index (χ0v) is 12.4. The first-order valence-corrected chi connectivity index (χ1v) is 7.46. The molecule has 1 aliphatic rings. The molecule has 0 saturated heterocycles. The molecule has 2 rings (SSSR count). The fourth-order valence-electron chi connectivity index (χ4n) is 2.92. The van der Waals surface area contributed by atoms with Gasteiger partial charge in [0, 0.05) is 19.6 Å². The molecule has 4 nitrogen and oxygen atoms in total. The van der Waals surface area contributed by atoms with Crippen LogP contribution in [-0.2, 0) is 6.54 Å². The largest absolute Gasteiger partial charge is 0.355 e. The summed E-state index contributed by atoms with van der Waals surface area (Å²) in [4.78, 5) is 11.4. The highest BCUT2D eigenvalue weighted by atomic mass is 15.2. The molecular formula is C15H26N4. The lowest BCUT2D eigenvalue weighted by Gasteiger charge is -2.36. The fourth-order valence-corrected chi connectivity index (χ4v) is 2.92. The highest BCUT2D eigenvalue weighted by molar-refractivity contribution is 5.36. The average molecular weight is 262 g/mol. The number of aromatic nitrogens is 2. The highest BCUT2D eigenvalue weighted by Gasteiger charge is 2.25. The molecule has 1 aromatic heterocycles. The van der Waals surface area contributed by atoms with E-state index in [9.17, 15) is 0 Å².